The number of aromatic nitrogens is 1. The van der Waals surface area contributed by atoms with Crippen LogP contribution in [-0.4, -0.2) is 48.1 Å². The number of ether oxygens (including phenoxy) is 1. The normalized spacial score (nSPS) is 25.2. The van der Waals surface area contributed by atoms with Gasteiger partial charge in [0.15, 0.2) is 12.0 Å². The standard InChI is InChI=1S/C18H20N4O3/c1-22-17(23)14(8-11-6-7-12-16(9-11)25-10-19-12)21-18(22)20-13-4-3-5-15(13)24-2/h6-10,13,15H,3-5H2,1-2H3,(H,20,21)/b14-8-/t13-,15-/m1/s1. The van der Waals surface area contributed by atoms with Crippen LogP contribution in [0, 0.1) is 0 Å². The number of carbonyl (C=O) groups excluding carboxylic acids is 1. The number of likely N-dealkylation sites (N-methyl/N-ethyl adjacent to an activating group) is 1. The second kappa shape index (κ2) is 6.33. The minimum atomic E-state index is -0.132. The Morgan fingerprint density at radius 1 is 1.40 bits per heavy atom. The van der Waals surface area contributed by atoms with Crippen molar-refractivity contribution in [2.75, 3.05) is 14.2 Å². The van der Waals surface area contributed by atoms with Crippen molar-refractivity contribution in [2.45, 2.75) is 31.4 Å². The number of methoxy groups -OCH3 is 1. The van der Waals surface area contributed by atoms with Crippen molar-refractivity contribution in [3.05, 3.63) is 35.9 Å². The maximum Gasteiger partial charge on any atom is 0.279 e. The van der Waals surface area contributed by atoms with Gasteiger partial charge in [0.25, 0.3) is 5.91 Å². The van der Waals surface area contributed by atoms with Gasteiger partial charge < -0.3 is 14.5 Å². The number of hydrogen-bond acceptors (Lipinski definition) is 6. The maximum atomic E-state index is 12.5. The summed E-state index contributed by atoms with van der Waals surface area (Å²) in [6.45, 7) is 0. The number of oxazole rings is 1. The Morgan fingerprint density at radius 3 is 3.12 bits per heavy atom. The largest absolute Gasteiger partial charge is 0.443 e. The SMILES string of the molecule is CO[C@@H]1CCC[C@H]1NC1=N/C(=C\c2ccc3ncoc3c2)C(=O)N1C. The summed E-state index contributed by atoms with van der Waals surface area (Å²) in [7, 11) is 3.45. The molecule has 0 spiro atoms. The number of carbonyl (C=O) groups is 1. The van der Waals surface area contributed by atoms with Crippen LogP contribution in [0.1, 0.15) is 24.8 Å². The molecule has 1 N–H and O–H groups in total. The summed E-state index contributed by atoms with van der Waals surface area (Å²) >= 11 is 0. The van der Waals surface area contributed by atoms with Crippen LogP contribution in [0.2, 0.25) is 0 Å². The summed E-state index contributed by atoms with van der Waals surface area (Å²) in [5.41, 5.74) is 2.72. The Balaban J connectivity index is 1.58. The first-order valence-electron chi connectivity index (χ1n) is 8.37. The molecule has 0 radical (unpaired) electrons. The molecule has 2 aromatic rings. The van der Waals surface area contributed by atoms with Crippen molar-refractivity contribution < 1.29 is 13.9 Å². The van der Waals surface area contributed by atoms with Gasteiger partial charge in [-0.2, -0.15) is 0 Å². The first kappa shape index (κ1) is 15.8. The second-order valence-corrected chi connectivity index (χ2v) is 6.36. The van der Waals surface area contributed by atoms with Crippen LogP contribution in [0.25, 0.3) is 17.2 Å². The quantitative estimate of drug-likeness (QED) is 0.866. The Hall–Kier alpha value is -2.67. The molecule has 130 valence electrons. The smallest absolute Gasteiger partial charge is 0.279 e. The lowest BCUT2D eigenvalue weighted by Crippen LogP contribution is -2.46. The molecule has 0 unspecified atom stereocenters. The van der Waals surface area contributed by atoms with Gasteiger partial charge in [0.2, 0.25) is 5.96 Å². The van der Waals surface area contributed by atoms with Gasteiger partial charge in [-0.3, -0.25) is 9.69 Å². The number of nitrogens with one attached hydrogen (secondary N) is 1. The Morgan fingerprint density at radius 2 is 2.28 bits per heavy atom. The van der Waals surface area contributed by atoms with Crippen LogP contribution in [0.3, 0.4) is 0 Å². The van der Waals surface area contributed by atoms with Gasteiger partial charge in [0.05, 0.1) is 12.1 Å². The average molecular weight is 340 g/mol. The number of fused-ring (bicyclic) bond motifs is 1. The van der Waals surface area contributed by atoms with E-state index in [0.29, 0.717) is 17.2 Å². The van der Waals surface area contributed by atoms with E-state index in [-0.39, 0.29) is 18.1 Å². The van der Waals surface area contributed by atoms with E-state index in [1.165, 1.54) is 6.39 Å². The van der Waals surface area contributed by atoms with Crippen molar-refractivity contribution in [3.8, 4) is 0 Å². The van der Waals surface area contributed by atoms with E-state index in [0.717, 1.165) is 30.3 Å². The van der Waals surface area contributed by atoms with Crippen LogP contribution in [0.5, 0.6) is 0 Å². The van der Waals surface area contributed by atoms with Crippen LogP contribution in [-0.2, 0) is 9.53 Å². The molecular weight excluding hydrogens is 320 g/mol. The van der Waals surface area contributed by atoms with Crippen LogP contribution >= 0.6 is 0 Å². The van der Waals surface area contributed by atoms with E-state index < -0.39 is 0 Å². The molecule has 7 heteroatoms. The van der Waals surface area contributed by atoms with E-state index in [1.807, 2.05) is 18.2 Å². The highest BCUT2D eigenvalue weighted by atomic mass is 16.5. The summed E-state index contributed by atoms with van der Waals surface area (Å²) in [5.74, 6) is 0.443. The number of nitrogens with zero attached hydrogens (tertiary/aromatic N) is 3. The third kappa shape index (κ3) is 2.91. The number of aliphatic imine (C=N–C) groups is 1. The number of amides is 1. The first-order chi connectivity index (χ1) is 12.2. The number of hydrogen-bond donors (Lipinski definition) is 1. The fourth-order valence-electron chi connectivity index (χ4n) is 3.39. The van der Waals surface area contributed by atoms with Crippen molar-refractivity contribution in [3.63, 3.8) is 0 Å². The molecule has 1 amide bonds. The Bertz CT molecular complexity index is 870. The molecule has 1 aromatic carbocycles. The lowest BCUT2D eigenvalue weighted by molar-refractivity contribution is -0.121. The van der Waals surface area contributed by atoms with Crippen molar-refractivity contribution >= 4 is 29.0 Å². The van der Waals surface area contributed by atoms with E-state index in [4.69, 9.17) is 9.15 Å². The number of benzene rings is 1. The molecule has 4 rings (SSSR count). The molecule has 2 atom stereocenters. The van der Waals surface area contributed by atoms with Gasteiger partial charge in [-0.25, -0.2) is 9.98 Å². The number of rotatable bonds is 3. The third-order valence-corrected chi connectivity index (χ3v) is 4.80. The van der Waals surface area contributed by atoms with Gasteiger partial charge >= 0.3 is 0 Å². The van der Waals surface area contributed by atoms with Gasteiger partial charge in [0.1, 0.15) is 11.2 Å². The molecule has 1 aromatic heterocycles. The average Bonchev–Trinajstić information content (AvgIpc) is 3.32. The second-order valence-electron chi connectivity index (χ2n) is 6.36. The summed E-state index contributed by atoms with van der Waals surface area (Å²) in [5, 5.41) is 3.36. The summed E-state index contributed by atoms with van der Waals surface area (Å²) in [4.78, 5) is 22.6. The van der Waals surface area contributed by atoms with Crippen LogP contribution in [0.15, 0.2) is 39.7 Å². The summed E-state index contributed by atoms with van der Waals surface area (Å²) in [6.07, 6.45) is 6.48. The zero-order valence-electron chi connectivity index (χ0n) is 14.2. The first-order valence-corrected chi connectivity index (χ1v) is 8.37. The van der Waals surface area contributed by atoms with Crippen LogP contribution < -0.4 is 5.32 Å². The fourth-order valence-corrected chi connectivity index (χ4v) is 3.39. The molecule has 25 heavy (non-hydrogen) atoms. The lowest BCUT2D eigenvalue weighted by Gasteiger charge is -2.22. The zero-order chi connectivity index (χ0) is 17.4. The number of guanidine groups is 1. The van der Waals surface area contributed by atoms with Gasteiger partial charge in [-0.05, 0) is 43.0 Å². The molecule has 1 aliphatic carbocycles. The highest BCUT2D eigenvalue weighted by Crippen LogP contribution is 2.24. The molecule has 0 saturated heterocycles. The Labute approximate surface area is 145 Å². The Kier molecular flexibility index (Phi) is 4.01. The molecule has 0 bridgehead atoms. The molecule has 1 saturated carbocycles. The highest BCUT2D eigenvalue weighted by molar-refractivity contribution is 6.13. The van der Waals surface area contributed by atoms with Gasteiger partial charge in [0, 0.05) is 14.2 Å². The van der Waals surface area contributed by atoms with Crippen molar-refractivity contribution in [1.29, 1.82) is 0 Å². The topological polar surface area (TPSA) is 80.0 Å². The molecular formula is C18H20N4O3. The van der Waals surface area contributed by atoms with Crippen molar-refractivity contribution in [2.24, 2.45) is 4.99 Å². The zero-order valence-corrected chi connectivity index (χ0v) is 14.2. The summed E-state index contributed by atoms with van der Waals surface area (Å²) in [6, 6.07) is 5.79. The predicted octanol–water partition coefficient (Wildman–Crippen LogP) is 2.15. The maximum absolute atomic E-state index is 12.5. The highest BCUT2D eigenvalue weighted by Gasteiger charge is 2.33. The molecule has 1 fully saturated rings. The molecule has 2 heterocycles. The third-order valence-electron chi connectivity index (χ3n) is 4.80. The molecule has 2 aliphatic rings. The van der Waals surface area contributed by atoms with Crippen molar-refractivity contribution in [1.82, 2.24) is 15.2 Å². The van der Waals surface area contributed by atoms with E-state index in [2.05, 4.69) is 15.3 Å². The van der Waals surface area contributed by atoms with Gasteiger partial charge in [-0.15, -0.1) is 0 Å². The van der Waals surface area contributed by atoms with E-state index >= 15 is 0 Å². The predicted molar refractivity (Wildman–Crippen MR) is 93.8 cm³/mol. The van der Waals surface area contributed by atoms with E-state index in [1.54, 1.807) is 25.1 Å². The minimum Gasteiger partial charge on any atom is -0.443 e. The minimum absolute atomic E-state index is 0.132. The summed E-state index contributed by atoms with van der Waals surface area (Å²) < 4.78 is 10.8. The van der Waals surface area contributed by atoms with E-state index in [9.17, 15) is 4.79 Å². The lowest BCUT2D eigenvalue weighted by atomic mass is 10.1. The molecule has 1 aliphatic heterocycles. The van der Waals surface area contributed by atoms with Gasteiger partial charge in [-0.1, -0.05) is 6.07 Å². The monoisotopic (exact) mass is 340 g/mol. The van der Waals surface area contributed by atoms with Crippen LogP contribution in [0.4, 0.5) is 0 Å². The fraction of sp³-hybridized carbons (Fsp3) is 0.389. The molecule has 7 nitrogen and oxygen atoms in total.